The van der Waals surface area contributed by atoms with Gasteiger partial charge in [0.25, 0.3) is 0 Å². The summed E-state index contributed by atoms with van der Waals surface area (Å²) in [5.74, 6) is 0.121. The Morgan fingerprint density at radius 3 is 2.24 bits per heavy atom. The van der Waals surface area contributed by atoms with Gasteiger partial charge in [0, 0.05) is 24.7 Å². The fraction of sp³-hybridized carbons (Fsp3) is 0.833. The second kappa shape index (κ2) is 6.41. The van der Waals surface area contributed by atoms with Gasteiger partial charge < -0.3 is 10.2 Å². The number of hydrogen-bond acceptors (Lipinski definition) is 2. The molecule has 1 heterocycles. The van der Waals surface area contributed by atoms with E-state index in [0.717, 1.165) is 12.2 Å². The van der Waals surface area contributed by atoms with E-state index in [1.807, 2.05) is 0 Å². The summed E-state index contributed by atoms with van der Waals surface area (Å²) in [5.41, 5.74) is 1.04. The highest BCUT2D eigenvalue weighted by molar-refractivity contribution is 5.77. The molecule has 0 aromatic heterocycles. The van der Waals surface area contributed by atoms with E-state index in [-0.39, 0.29) is 22.8 Å². The lowest BCUT2D eigenvalue weighted by atomic mass is 9.83. The molecule has 0 unspecified atom stereocenters. The van der Waals surface area contributed by atoms with Gasteiger partial charge in [-0.2, -0.15) is 0 Å². The molecule has 1 aliphatic rings. The van der Waals surface area contributed by atoms with Gasteiger partial charge in [-0.25, -0.2) is 0 Å². The van der Waals surface area contributed by atoms with Crippen molar-refractivity contribution in [1.82, 2.24) is 10.2 Å². The number of nitrogens with zero attached hydrogens (tertiary/aromatic N) is 1. The summed E-state index contributed by atoms with van der Waals surface area (Å²) in [6.07, 6.45) is 2.97. The number of likely N-dealkylation sites (tertiary alicyclic amines) is 1. The first kappa shape index (κ1) is 18.1. The molecule has 1 aliphatic heterocycles. The fourth-order valence-corrected chi connectivity index (χ4v) is 3.02. The van der Waals surface area contributed by atoms with Gasteiger partial charge in [-0.3, -0.25) is 4.79 Å². The molecule has 2 atom stereocenters. The van der Waals surface area contributed by atoms with Crippen LogP contribution in [0.25, 0.3) is 0 Å². The number of amides is 1. The van der Waals surface area contributed by atoms with Crippen LogP contribution >= 0.6 is 0 Å². The molecule has 122 valence electrons. The van der Waals surface area contributed by atoms with Crippen LogP contribution < -0.4 is 5.32 Å². The van der Waals surface area contributed by atoms with Crippen LogP contribution in [0.1, 0.15) is 67.7 Å². The third-order valence-corrected chi connectivity index (χ3v) is 4.12. The smallest absolute Gasteiger partial charge is 0.221 e. The highest BCUT2D eigenvalue weighted by Gasteiger charge is 2.34. The zero-order valence-corrected chi connectivity index (χ0v) is 15.0. The van der Waals surface area contributed by atoms with Crippen molar-refractivity contribution in [3.8, 4) is 0 Å². The second-order valence-corrected chi connectivity index (χ2v) is 8.78. The van der Waals surface area contributed by atoms with Gasteiger partial charge in [0.2, 0.25) is 5.91 Å². The summed E-state index contributed by atoms with van der Waals surface area (Å²) in [6.45, 7) is 20.4. The summed E-state index contributed by atoms with van der Waals surface area (Å²) in [4.78, 5) is 14.7. The largest absolute Gasteiger partial charge is 0.371 e. The first-order chi connectivity index (χ1) is 9.42. The lowest BCUT2D eigenvalue weighted by Crippen LogP contribution is -2.49. The molecule has 0 radical (unpaired) electrons. The summed E-state index contributed by atoms with van der Waals surface area (Å²) >= 11 is 0. The molecule has 3 nitrogen and oxygen atoms in total. The van der Waals surface area contributed by atoms with Crippen LogP contribution in [0, 0.1) is 10.8 Å². The zero-order valence-electron chi connectivity index (χ0n) is 15.0. The molecule has 21 heavy (non-hydrogen) atoms. The lowest BCUT2D eigenvalue weighted by molar-refractivity contribution is -0.124. The molecule has 0 saturated carbocycles. The van der Waals surface area contributed by atoms with E-state index >= 15 is 0 Å². The number of nitrogens with one attached hydrogen (secondary N) is 1. The van der Waals surface area contributed by atoms with Gasteiger partial charge in [0.05, 0.1) is 6.04 Å². The Hall–Kier alpha value is -0.990. The monoisotopic (exact) mass is 294 g/mol. The maximum atomic E-state index is 12.3. The topological polar surface area (TPSA) is 32.3 Å². The van der Waals surface area contributed by atoms with Gasteiger partial charge >= 0.3 is 0 Å². The van der Waals surface area contributed by atoms with Gasteiger partial charge in [-0.1, -0.05) is 48.1 Å². The number of carbonyl (C=O) groups excluding carboxylic acids is 1. The minimum Gasteiger partial charge on any atom is -0.371 e. The Labute approximate surface area is 131 Å². The average Bonchev–Trinajstić information content (AvgIpc) is 2.67. The molecule has 1 N–H and O–H groups in total. The van der Waals surface area contributed by atoms with Crippen molar-refractivity contribution in [1.29, 1.82) is 0 Å². The second-order valence-electron chi connectivity index (χ2n) is 8.78. The summed E-state index contributed by atoms with van der Waals surface area (Å²) in [7, 11) is 0. The Bertz CT molecular complexity index is 387. The van der Waals surface area contributed by atoms with E-state index in [2.05, 4.69) is 65.3 Å². The lowest BCUT2D eigenvalue weighted by Gasteiger charge is -2.39. The Kier molecular flexibility index (Phi) is 5.51. The molecule has 0 aromatic carbocycles. The fourth-order valence-electron chi connectivity index (χ4n) is 3.02. The molecule has 1 rings (SSSR count). The number of hydrogen-bond donors (Lipinski definition) is 1. The summed E-state index contributed by atoms with van der Waals surface area (Å²) in [5, 5.41) is 3.23. The Morgan fingerprint density at radius 1 is 1.29 bits per heavy atom. The molecule has 1 saturated heterocycles. The van der Waals surface area contributed by atoms with Gasteiger partial charge in [0.1, 0.15) is 0 Å². The molecule has 0 aliphatic carbocycles. The van der Waals surface area contributed by atoms with Gasteiger partial charge in [0.15, 0.2) is 0 Å². The minimum atomic E-state index is -0.0348. The summed E-state index contributed by atoms with van der Waals surface area (Å²) < 4.78 is 0. The molecule has 0 spiro atoms. The van der Waals surface area contributed by atoms with Crippen LogP contribution in [0.3, 0.4) is 0 Å². The molecule has 0 aromatic rings. The van der Waals surface area contributed by atoms with E-state index in [0.29, 0.717) is 12.5 Å². The SMILES string of the molecule is C=C([C@@H](NC(=O)CC(C)(C)C)C(C)(C)C)N1CCC[C@H]1C. The third kappa shape index (κ3) is 5.37. The summed E-state index contributed by atoms with van der Waals surface area (Å²) in [6, 6.07) is 0.523. The molecule has 1 amide bonds. The van der Waals surface area contributed by atoms with Crippen molar-refractivity contribution in [3.05, 3.63) is 12.3 Å². The molecular formula is C18H34N2O. The van der Waals surface area contributed by atoms with Crippen LogP contribution in [0.5, 0.6) is 0 Å². The van der Waals surface area contributed by atoms with Crippen molar-refractivity contribution in [3.63, 3.8) is 0 Å². The first-order valence-corrected chi connectivity index (χ1v) is 8.16. The van der Waals surface area contributed by atoms with E-state index in [9.17, 15) is 4.79 Å². The van der Waals surface area contributed by atoms with Crippen molar-refractivity contribution < 1.29 is 4.79 Å². The van der Waals surface area contributed by atoms with Gasteiger partial charge in [-0.15, -0.1) is 0 Å². The average molecular weight is 294 g/mol. The quantitative estimate of drug-likeness (QED) is 0.851. The van der Waals surface area contributed by atoms with Crippen LogP contribution in [0.15, 0.2) is 12.3 Å². The number of carbonyl (C=O) groups is 1. The number of rotatable bonds is 4. The predicted molar refractivity (Wildman–Crippen MR) is 90.0 cm³/mol. The Morgan fingerprint density at radius 2 is 1.86 bits per heavy atom. The normalized spacial score (nSPS) is 21.3. The maximum Gasteiger partial charge on any atom is 0.221 e. The zero-order chi connectivity index (χ0) is 16.4. The highest BCUT2D eigenvalue weighted by Crippen LogP contribution is 2.31. The molecule has 0 bridgehead atoms. The van der Waals surface area contributed by atoms with E-state index in [1.54, 1.807) is 0 Å². The van der Waals surface area contributed by atoms with Crippen LogP contribution in [0.2, 0.25) is 0 Å². The molecule has 1 fully saturated rings. The Balaban J connectivity index is 2.82. The van der Waals surface area contributed by atoms with Crippen molar-refractivity contribution >= 4 is 5.91 Å². The van der Waals surface area contributed by atoms with Crippen molar-refractivity contribution in [2.45, 2.75) is 79.8 Å². The third-order valence-electron chi connectivity index (χ3n) is 4.12. The first-order valence-electron chi connectivity index (χ1n) is 8.16. The van der Waals surface area contributed by atoms with E-state index < -0.39 is 0 Å². The molecule has 3 heteroatoms. The van der Waals surface area contributed by atoms with Crippen molar-refractivity contribution in [2.75, 3.05) is 6.54 Å². The predicted octanol–water partition coefficient (Wildman–Crippen LogP) is 3.95. The van der Waals surface area contributed by atoms with E-state index in [1.165, 1.54) is 12.8 Å². The maximum absolute atomic E-state index is 12.3. The highest BCUT2D eigenvalue weighted by atomic mass is 16.1. The molecular weight excluding hydrogens is 260 g/mol. The van der Waals surface area contributed by atoms with E-state index in [4.69, 9.17) is 0 Å². The van der Waals surface area contributed by atoms with Gasteiger partial charge in [-0.05, 0) is 30.6 Å². The standard InChI is InChI=1S/C18H34N2O/c1-13-10-9-11-20(13)14(2)16(18(6,7)8)19-15(21)12-17(3,4)5/h13,16H,2,9-12H2,1,3-8H3,(H,19,21)/t13-,16-/m1/s1. The minimum absolute atomic E-state index is 0.00657. The van der Waals surface area contributed by atoms with Crippen LogP contribution in [0.4, 0.5) is 0 Å². The van der Waals surface area contributed by atoms with Crippen molar-refractivity contribution in [2.24, 2.45) is 10.8 Å². The van der Waals surface area contributed by atoms with Crippen LogP contribution in [-0.2, 0) is 4.79 Å². The van der Waals surface area contributed by atoms with Crippen LogP contribution in [-0.4, -0.2) is 29.4 Å².